The molecule has 2 atom stereocenters. The third kappa shape index (κ3) is 5.28. The molecule has 0 aromatic carbocycles. The van der Waals surface area contributed by atoms with Crippen molar-refractivity contribution in [2.24, 2.45) is 0 Å². The van der Waals surface area contributed by atoms with Crippen LogP contribution in [0.15, 0.2) is 10.8 Å². The van der Waals surface area contributed by atoms with Gasteiger partial charge in [-0.2, -0.15) is 0 Å². The number of aromatic nitrogens is 2. The van der Waals surface area contributed by atoms with Gasteiger partial charge in [-0.15, -0.1) is 0 Å². The van der Waals surface area contributed by atoms with Gasteiger partial charge in [0.2, 0.25) is 0 Å². The van der Waals surface area contributed by atoms with E-state index in [9.17, 15) is 9.59 Å². The second-order valence-electron chi connectivity index (χ2n) is 8.14. The van der Waals surface area contributed by atoms with Crippen molar-refractivity contribution in [1.82, 2.24) is 14.9 Å². The predicted octanol–water partition coefficient (Wildman–Crippen LogP) is 3.56. The predicted molar refractivity (Wildman–Crippen MR) is 96.3 cm³/mol. The summed E-state index contributed by atoms with van der Waals surface area (Å²) in [5.74, 6) is 0.233. The molecule has 1 aliphatic heterocycles. The zero-order chi connectivity index (χ0) is 19.0. The van der Waals surface area contributed by atoms with Crippen LogP contribution in [0.1, 0.15) is 66.3 Å². The Kier molecular flexibility index (Phi) is 5.63. The fourth-order valence-corrected chi connectivity index (χ4v) is 3.01. The standard InChI is InChI=1S/C17H26BrN3O4/c1-16(2,3)24-14(22)11-8-7-10(20-11)13-19-9-12(18)21(13)15(23)25-17(4,5)6/h9-11,20H,7-8H2,1-6H3. The van der Waals surface area contributed by atoms with Crippen LogP contribution in [0.5, 0.6) is 0 Å². The summed E-state index contributed by atoms with van der Waals surface area (Å²) in [6.45, 7) is 10.9. The normalized spacial score (nSPS) is 21.2. The molecule has 1 N–H and O–H groups in total. The Morgan fingerprint density at radius 1 is 1.16 bits per heavy atom. The number of carbonyl (C=O) groups excluding carboxylic acids is 2. The van der Waals surface area contributed by atoms with E-state index in [1.54, 1.807) is 6.20 Å². The van der Waals surface area contributed by atoms with Crippen LogP contribution in [-0.4, -0.2) is 38.9 Å². The second-order valence-corrected chi connectivity index (χ2v) is 8.95. The lowest BCUT2D eigenvalue weighted by Gasteiger charge is -2.23. The highest BCUT2D eigenvalue weighted by Gasteiger charge is 2.36. The van der Waals surface area contributed by atoms with Crippen LogP contribution in [-0.2, 0) is 14.3 Å². The van der Waals surface area contributed by atoms with Crippen molar-refractivity contribution in [3.05, 3.63) is 16.6 Å². The van der Waals surface area contributed by atoms with Gasteiger partial charge in [0.05, 0.1) is 12.2 Å². The van der Waals surface area contributed by atoms with Gasteiger partial charge in [0.1, 0.15) is 27.7 Å². The van der Waals surface area contributed by atoms with Gasteiger partial charge in [-0.3, -0.25) is 10.1 Å². The van der Waals surface area contributed by atoms with Crippen LogP contribution in [0.2, 0.25) is 0 Å². The zero-order valence-electron chi connectivity index (χ0n) is 15.6. The molecule has 1 aromatic rings. The highest BCUT2D eigenvalue weighted by molar-refractivity contribution is 9.10. The highest BCUT2D eigenvalue weighted by atomic mass is 79.9. The first-order valence-corrected chi connectivity index (χ1v) is 9.12. The number of hydrogen-bond donors (Lipinski definition) is 1. The van der Waals surface area contributed by atoms with Gasteiger partial charge >= 0.3 is 12.1 Å². The lowest BCUT2D eigenvalue weighted by Crippen LogP contribution is -2.38. The molecule has 0 spiro atoms. The Labute approximate surface area is 156 Å². The van der Waals surface area contributed by atoms with Gasteiger partial charge in [0, 0.05) is 0 Å². The van der Waals surface area contributed by atoms with Gasteiger partial charge in [0.25, 0.3) is 0 Å². The fraction of sp³-hybridized carbons (Fsp3) is 0.706. The topological polar surface area (TPSA) is 82.5 Å². The Morgan fingerprint density at radius 3 is 2.32 bits per heavy atom. The van der Waals surface area contributed by atoms with E-state index in [1.807, 2.05) is 41.5 Å². The number of imidazole rings is 1. The smallest absolute Gasteiger partial charge is 0.420 e. The SMILES string of the molecule is CC(C)(C)OC(=O)C1CCC(c2ncc(Br)n2C(=O)OC(C)(C)C)N1. The molecule has 0 aliphatic carbocycles. The molecule has 1 aromatic heterocycles. The van der Waals surface area contributed by atoms with E-state index in [0.29, 0.717) is 23.3 Å². The van der Waals surface area contributed by atoms with Crippen LogP contribution in [0.25, 0.3) is 0 Å². The number of esters is 1. The van der Waals surface area contributed by atoms with Crippen molar-refractivity contribution >= 4 is 28.0 Å². The lowest BCUT2D eigenvalue weighted by molar-refractivity contribution is -0.157. The maximum Gasteiger partial charge on any atom is 0.420 e. The molecule has 25 heavy (non-hydrogen) atoms. The third-order valence-corrected chi connectivity index (χ3v) is 4.03. The minimum Gasteiger partial charge on any atom is -0.459 e. The second kappa shape index (κ2) is 7.07. The minimum absolute atomic E-state index is 0.226. The summed E-state index contributed by atoms with van der Waals surface area (Å²) in [5, 5.41) is 3.21. The average Bonchev–Trinajstić information content (AvgIpc) is 3.00. The van der Waals surface area contributed by atoms with Crippen LogP contribution in [0.4, 0.5) is 4.79 Å². The molecule has 0 radical (unpaired) electrons. The maximum absolute atomic E-state index is 12.5. The monoisotopic (exact) mass is 415 g/mol. The molecule has 1 aliphatic rings. The van der Waals surface area contributed by atoms with Crippen molar-refractivity contribution in [2.75, 3.05) is 0 Å². The fourth-order valence-electron chi connectivity index (χ4n) is 2.58. The summed E-state index contributed by atoms with van der Waals surface area (Å²) in [5.41, 5.74) is -1.14. The minimum atomic E-state index is -0.611. The molecule has 8 heteroatoms. The first-order valence-electron chi connectivity index (χ1n) is 8.33. The van der Waals surface area contributed by atoms with E-state index in [0.717, 1.165) is 0 Å². The molecular weight excluding hydrogens is 390 g/mol. The van der Waals surface area contributed by atoms with E-state index >= 15 is 0 Å². The number of rotatable bonds is 2. The first-order chi connectivity index (χ1) is 11.4. The molecule has 2 rings (SSSR count). The van der Waals surface area contributed by atoms with E-state index in [-0.39, 0.29) is 12.0 Å². The van der Waals surface area contributed by atoms with Gasteiger partial charge in [0.15, 0.2) is 0 Å². The molecule has 1 saturated heterocycles. The number of halogens is 1. The molecule has 2 unspecified atom stereocenters. The molecule has 1 fully saturated rings. The van der Waals surface area contributed by atoms with E-state index in [4.69, 9.17) is 9.47 Å². The van der Waals surface area contributed by atoms with Crippen molar-refractivity contribution in [3.8, 4) is 0 Å². The van der Waals surface area contributed by atoms with Gasteiger partial charge < -0.3 is 9.47 Å². The first kappa shape index (κ1) is 19.9. The summed E-state index contributed by atoms with van der Waals surface area (Å²) in [6.07, 6.45) is 2.35. The summed E-state index contributed by atoms with van der Waals surface area (Å²) >= 11 is 3.34. The largest absolute Gasteiger partial charge is 0.459 e. The maximum atomic E-state index is 12.5. The summed E-state index contributed by atoms with van der Waals surface area (Å²) in [6, 6.07) is -0.636. The van der Waals surface area contributed by atoms with Crippen LogP contribution >= 0.6 is 15.9 Å². The molecule has 2 heterocycles. The molecule has 0 amide bonds. The van der Waals surface area contributed by atoms with Crippen LogP contribution in [0.3, 0.4) is 0 Å². The molecule has 140 valence electrons. The Balaban J connectivity index is 2.14. The van der Waals surface area contributed by atoms with E-state index in [1.165, 1.54) is 4.57 Å². The number of ether oxygens (including phenoxy) is 2. The number of nitrogens with zero attached hydrogens (tertiary/aromatic N) is 2. The molecule has 0 bridgehead atoms. The van der Waals surface area contributed by atoms with Gasteiger partial charge in [-0.05, 0) is 70.3 Å². The number of carbonyl (C=O) groups is 2. The average molecular weight is 416 g/mol. The van der Waals surface area contributed by atoms with E-state index in [2.05, 4.69) is 26.2 Å². The molecule has 7 nitrogen and oxygen atoms in total. The Morgan fingerprint density at radius 2 is 1.76 bits per heavy atom. The van der Waals surface area contributed by atoms with Crippen molar-refractivity contribution in [3.63, 3.8) is 0 Å². The van der Waals surface area contributed by atoms with E-state index < -0.39 is 23.3 Å². The Bertz CT molecular complexity index is 658. The molecule has 0 saturated carbocycles. The highest BCUT2D eigenvalue weighted by Crippen LogP contribution is 2.29. The number of hydrogen-bond acceptors (Lipinski definition) is 6. The summed E-state index contributed by atoms with van der Waals surface area (Å²) < 4.78 is 12.8. The number of nitrogens with one attached hydrogen (secondary N) is 1. The van der Waals surface area contributed by atoms with Crippen LogP contribution in [0, 0.1) is 0 Å². The third-order valence-electron chi connectivity index (χ3n) is 3.47. The van der Waals surface area contributed by atoms with Gasteiger partial charge in [-0.1, -0.05) is 0 Å². The Hall–Kier alpha value is -1.41. The quantitative estimate of drug-likeness (QED) is 0.743. The van der Waals surface area contributed by atoms with Crippen molar-refractivity contribution in [1.29, 1.82) is 0 Å². The lowest BCUT2D eigenvalue weighted by atomic mass is 10.1. The summed E-state index contributed by atoms with van der Waals surface area (Å²) in [7, 11) is 0. The van der Waals surface area contributed by atoms with Crippen molar-refractivity contribution < 1.29 is 19.1 Å². The van der Waals surface area contributed by atoms with Gasteiger partial charge in [-0.25, -0.2) is 14.3 Å². The van der Waals surface area contributed by atoms with Crippen molar-refractivity contribution in [2.45, 2.75) is 77.7 Å². The molecular formula is C17H26BrN3O4. The zero-order valence-corrected chi connectivity index (χ0v) is 17.1. The summed E-state index contributed by atoms with van der Waals surface area (Å²) in [4.78, 5) is 29.0. The van der Waals surface area contributed by atoms with Crippen LogP contribution < -0.4 is 5.32 Å².